The Kier molecular flexibility index (Phi) is 26.8. The average Bonchev–Trinajstić information content (AvgIpc) is 0.777. The van der Waals surface area contributed by atoms with Gasteiger partial charge in [-0.15, -0.1) is 0 Å². The molecule has 0 spiro atoms. The van der Waals surface area contributed by atoms with Crippen molar-refractivity contribution in [2.45, 2.75) is 160 Å². The van der Waals surface area contributed by atoms with Crippen LogP contribution in [0.2, 0.25) is 20.1 Å². The van der Waals surface area contributed by atoms with Gasteiger partial charge in [0.05, 0.1) is 64.4 Å². The van der Waals surface area contributed by atoms with Crippen molar-refractivity contribution < 1.29 is 55.7 Å². The zero-order valence-corrected chi connectivity index (χ0v) is 74.0. The summed E-state index contributed by atoms with van der Waals surface area (Å²) < 4.78 is 81.1. The Balaban J connectivity index is 0.000000121. The van der Waals surface area contributed by atoms with Crippen LogP contribution in [0.1, 0.15) is 146 Å². The highest BCUT2D eigenvalue weighted by molar-refractivity contribution is 6.33. The van der Waals surface area contributed by atoms with E-state index in [4.69, 9.17) is 65.4 Å². The monoisotopic (exact) mass is 1820 g/mol. The number of pyridine rings is 5. The van der Waals surface area contributed by atoms with E-state index in [-0.39, 0.29) is 101 Å². The second-order valence-electron chi connectivity index (χ2n) is 34.0. The second-order valence-corrected chi connectivity index (χ2v) is 35.6. The van der Waals surface area contributed by atoms with E-state index in [0.29, 0.717) is 133 Å². The topological polar surface area (TPSA) is 286 Å². The molecule has 4 aliphatic carbocycles. The molecule has 8 bridgehead atoms. The molecule has 4 saturated carbocycles. The Labute approximate surface area is 761 Å². The molecule has 12 atom stereocenters. The van der Waals surface area contributed by atoms with Crippen LogP contribution in [0.4, 0.5) is 17.6 Å². The first-order valence-electron chi connectivity index (χ1n) is 42.9. The van der Waals surface area contributed by atoms with E-state index < -0.39 is 23.3 Å². The molecule has 8 aliphatic heterocycles. The van der Waals surface area contributed by atoms with Gasteiger partial charge in [-0.1, -0.05) is 52.5 Å². The van der Waals surface area contributed by atoms with Gasteiger partial charge in [0.25, 0.3) is 23.6 Å². The molecule has 4 amide bonds. The van der Waals surface area contributed by atoms with Gasteiger partial charge in [0.15, 0.2) is 29.1 Å². The summed E-state index contributed by atoms with van der Waals surface area (Å²) in [5.74, 6) is 0.951. The third-order valence-electron chi connectivity index (χ3n) is 24.9. The average molecular weight is 1830 g/mol. The number of carbonyl (C=O) groups excluding carboxylic acids is 4. The van der Waals surface area contributed by atoms with Crippen molar-refractivity contribution in [2.24, 2.45) is 23.7 Å². The Morgan fingerprint density at radius 3 is 1.09 bits per heavy atom. The number of ether oxygens (including phenoxy) is 4. The third kappa shape index (κ3) is 19.8. The van der Waals surface area contributed by atoms with Crippen LogP contribution in [0, 0.1) is 81.6 Å². The highest BCUT2D eigenvalue weighted by Crippen LogP contribution is 2.46. The molecule has 0 N–H and O–H groups in total. The van der Waals surface area contributed by atoms with E-state index in [1.54, 1.807) is 103 Å². The molecule has 33 heteroatoms. The lowest BCUT2D eigenvalue weighted by molar-refractivity contribution is -0.0313. The van der Waals surface area contributed by atoms with E-state index in [9.17, 15) is 36.7 Å². The standard InChI is InChI=1S/C24H21ClF2N4O2.2C24H22ClFN4O2.C24H24ClN5O2/c1-13-7-17(25)23(30-9-13)33-20-8-14-5-6-19(20)31(12-14)24(32)16-3-2-4-18(27)21(16)22-28-10-15(26)11-29-22;1-14-9-19(25)23(29-12-14)32-21-10-15-3-6-20(21)30(13-15)24(31)17-5-4-16(26)11-18(17)22-27-7-2-8-28-22;1-14-9-19(25)23(29-12-14)32-21-10-15-3-6-20(21)30(13-15)24(31)18-11-16(26)4-5-17(18)22-27-7-2-8-28-22;1-14-10-18(25)23(28-12-14)32-20-11-16-5-7-19(20)30(13-16)24(31)17-6-4-15(2)29-21(17)22-26-8-3-9-27-22/h2-4,7,9-11,14,19-20H,5-6,8,12H2,1H3;2*2,4-5,7-9,11-12,15,20-21H,3,6,10,13H2,1H3;3-4,6,8-10,12,16,19-20H,5,7,11,13H2,1-2H3. The lowest BCUT2D eigenvalue weighted by Crippen LogP contribution is -2.59. The fourth-order valence-electron chi connectivity index (χ4n) is 18.9. The smallest absolute Gasteiger partial charge is 0.256 e. The molecular weight excluding hydrogens is 1740 g/mol. The Morgan fingerprint density at radius 1 is 0.333 bits per heavy atom. The van der Waals surface area contributed by atoms with Gasteiger partial charge in [0, 0.05) is 105 Å². The normalized spacial score (nSPS) is 22.0. The van der Waals surface area contributed by atoms with Gasteiger partial charge in [0.2, 0.25) is 23.5 Å². The van der Waals surface area contributed by atoms with Crippen molar-refractivity contribution in [3.8, 4) is 69.2 Å². The quantitative estimate of drug-likeness (QED) is 0.0812. The summed E-state index contributed by atoms with van der Waals surface area (Å²) in [4.78, 5) is 117. The molecule has 8 saturated heterocycles. The minimum Gasteiger partial charge on any atom is -0.471 e. The number of piperidine rings is 8. The fourth-order valence-corrected chi connectivity index (χ4v) is 20.0. The summed E-state index contributed by atoms with van der Waals surface area (Å²) in [5, 5.41) is 1.84. The van der Waals surface area contributed by atoms with Gasteiger partial charge >= 0.3 is 0 Å². The molecule has 662 valence electrons. The van der Waals surface area contributed by atoms with Crippen molar-refractivity contribution in [1.82, 2.24) is 84.4 Å². The minimum atomic E-state index is -0.641. The number of aryl methyl sites for hydroxylation is 5. The van der Waals surface area contributed by atoms with Crippen molar-refractivity contribution in [2.75, 3.05) is 26.2 Å². The van der Waals surface area contributed by atoms with Gasteiger partial charge in [-0.25, -0.2) is 82.4 Å². The van der Waals surface area contributed by atoms with Gasteiger partial charge in [-0.3, -0.25) is 19.2 Å². The molecular formula is C96H89Cl4F4N17O8. The summed E-state index contributed by atoms with van der Waals surface area (Å²) in [6, 6.07) is 28.1. The predicted octanol–water partition coefficient (Wildman–Crippen LogP) is 18.5. The molecule has 24 rings (SSSR count). The number of hydrogen-bond acceptors (Lipinski definition) is 21. The SMILES string of the molecule is Cc1cnc(OC2CC3CCC2N(C(=O)c2cc(F)ccc2-c2ncccn2)C3)c(Cl)c1.Cc1cnc(OC2CC3CCC2N(C(=O)c2ccc(C)nc2-c2ncccn2)C3)c(Cl)c1.Cc1cnc(OC2CC3CCC2N(C(=O)c2ccc(F)cc2-c2ncccn2)C3)c(Cl)c1.Cc1cnc(OC2CC3CCC2N(C(=O)c2cccc(F)c2-c2ncc(F)cn2)C3)c(Cl)c1. The van der Waals surface area contributed by atoms with Crippen molar-refractivity contribution in [3.63, 3.8) is 0 Å². The maximum atomic E-state index is 14.8. The highest BCUT2D eigenvalue weighted by Gasteiger charge is 2.50. The van der Waals surface area contributed by atoms with Crippen LogP contribution in [-0.2, 0) is 0 Å². The van der Waals surface area contributed by atoms with Gasteiger partial charge < -0.3 is 38.5 Å². The number of halogens is 8. The van der Waals surface area contributed by atoms with Crippen LogP contribution in [0.25, 0.3) is 45.7 Å². The zero-order chi connectivity index (χ0) is 89.8. The van der Waals surface area contributed by atoms with E-state index in [2.05, 4.69) is 64.8 Å². The van der Waals surface area contributed by atoms with Crippen LogP contribution in [-0.4, -0.2) is 183 Å². The maximum Gasteiger partial charge on any atom is 0.256 e. The molecule has 12 fully saturated rings. The molecule has 12 unspecified atom stereocenters. The lowest BCUT2D eigenvalue weighted by Gasteiger charge is -2.49. The number of fused-ring (bicyclic) bond motifs is 12. The van der Waals surface area contributed by atoms with Crippen molar-refractivity contribution in [3.05, 3.63) is 277 Å². The first-order valence-corrected chi connectivity index (χ1v) is 44.4. The summed E-state index contributed by atoms with van der Waals surface area (Å²) in [5.41, 5.74) is 7.29. The molecule has 12 aromatic rings. The summed E-state index contributed by atoms with van der Waals surface area (Å²) >= 11 is 25.3. The van der Waals surface area contributed by atoms with Crippen LogP contribution < -0.4 is 18.9 Å². The van der Waals surface area contributed by atoms with Crippen LogP contribution in [0.15, 0.2) is 184 Å². The summed E-state index contributed by atoms with van der Waals surface area (Å²) in [7, 11) is 0. The molecule has 3 aromatic carbocycles. The number of hydrogen-bond donors (Lipinski definition) is 0. The number of benzene rings is 3. The lowest BCUT2D eigenvalue weighted by atomic mass is 9.77. The first kappa shape index (κ1) is 88.7. The van der Waals surface area contributed by atoms with E-state index in [0.717, 1.165) is 117 Å². The van der Waals surface area contributed by atoms with E-state index >= 15 is 0 Å². The molecule has 17 heterocycles. The van der Waals surface area contributed by atoms with Crippen molar-refractivity contribution >= 4 is 70.0 Å². The second kappa shape index (κ2) is 38.9. The number of rotatable bonds is 16. The predicted molar refractivity (Wildman–Crippen MR) is 474 cm³/mol. The number of aromatic nitrogens is 13. The Bertz CT molecular complexity index is 5980. The van der Waals surface area contributed by atoms with Gasteiger partial charge in [0.1, 0.15) is 67.7 Å². The Hall–Kier alpha value is -12.3. The minimum absolute atomic E-state index is 0.0374. The first-order chi connectivity index (χ1) is 62.4. The zero-order valence-electron chi connectivity index (χ0n) is 71.0. The van der Waals surface area contributed by atoms with Gasteiger partial charge in [-0.2, -0.15) is 0 Å². The maximum absolute atomic E-state index is 14.8. The van der Waals surface area contributed by atoms with Crippen LogP contribution >= 0.6 is 46.4 Å². The highest BCUT2D eigenvalue weighted by atomic mass is 35.5. The molecule has 129 heavy (non-hydrogen) atoms. The molecule has 25 nitrogen and oxygen atoms in total. The number of carbonyl (C=O) groups is 4. The number of nitrogens with zero attached hydrogens (tertiary/aromatic N) is 17. The molecule has 9 aromatic heterocycles. The van der Waals surface area contributed by atoms with E-state index in [1.807, 2.05) is 79.7 Å². The summed E-state index contributed by atoms with van der Waals surface area (Å²) in [6.07, 6.45) is 28.4. The Morgan fingerprint density at radius 2 is 0.690 bits per heavy atom. The largest absolute Gasteiger partial charge is 0.471 e. The van der Waals surface area contributed by atoms with Crippen LogP contribution in [0.3, 0.4) is 0 Å². The summed E-state index contributed by atoms with van der Waals surface area (Å²) in [6.45, 7) is 12.1. The fraction of sp³-hybridized carbons (Fsp3) is 0.344. The number of amides is 4. The molecule has 0 radical (unpaired) electrons. The van der Waals surface area contributed by atoms with E-state index in [1.165, 1.54) is 42.5 Å². The van der Waals surface area contributed by atoms with Crippen molar-refractivity contribution in [1.29, 1.82) is 0 Å². The third-order valence-corrected chi connectivity index (χ3v) is 26.0. The van der Waals surface area contributed by atoms with Gasteiger partial charge in [-0.05, 0) is 261 Å². The van der Waals surface area contributed by atoms with Crippen LogP contribution in [0.5, 0.6) is 23.5 Å². The molecule has 12 aliphatic rings.